The zero-order valence-electron chi connectivity index (χ0n) is 20.9. The average molecular weight is 534 g/mol. The van der Waals surface area contributed by atoms with Crippen LogP contribution in [0.1, 0.15) is 97.0 Å². The van der Waals surface area contributed by atoms with Crippen molar-refractivity contribution in [3.63, 3.8) is 0 Å². The second kappa shape index (κ2) is 10.6. The third-order valence-electron chi connectivity index (χ3n) is 7.82. The third kappa shape index (κ3) is 5.47. The van der Waals surface area contributed by atoms with Gasteiger partial charge in [-0.2, -0.15) is 0 Å². The van der Waals surface area contributed by atoms with Crippen LogP contribution < -0.4 is 10.6 Å². The standard InChI is InChI=1S/C26H33F2N5O3S/c1-15-6-4-11-33(15)25(35)20-21(37-24(32-20)23(34)30-14-26(36)9-5-10-26)18-13-29-19(12-17(18)22(27)28)31-16-7-2-3-8-16/h12-13,15-16,22,36H,2-11,14H2,1H3,(H,29,31)(H,30,34). The Morgan fingerprint density at radius 3 is 2.59 bits per heavy atom. The number of rotatable bonds is 8. The van der Waals surface area contributed by atoms with Gasteiger partial charge in [0.15, 0.2) is 5.01 Å². The van der Waals surface area contributed by atoms with Crippen LogP contribution in [-0.4, -0.2) is 62.6 Å². The van der Waals surface area contributed by atoms with Crippen LogP contribution in [0.25, 0.3) is 10.4 Å². The van der Waals surface area contributed by atoms with Crippen molar-refractivity contribution < 1.29 is 23.5 Å². The van der Waals surface area contributed by atoms with Gasteiger partial charge in [-0.1, -0.05) is 12.8 Å². The number of hydrogen-bond acceptors (Lipinski definition) is 7. The van der Waals surface area contributed by atoms with E-state index in [1.807, 2.05) is 6.92 Å². The molecule has 2 aromatic heterocycles. The summed E-state index contributed by atoms with van der Waals surface area (Å²) in [4.78, 5) is 37.1. The van der Waals surface area contributed by atoms with E-state index in [0.717, 1.165) is 56.3 Å². The van der Waals surface area contributed by atoms with Crippen molar-refractivity contribution in [3.05, 3.63) is 28.5 Å². The molecule has 1 unspecified atom stereocenters. The van der Waals surface area contributed by atoms with Gasteiger partial charge in [-0.15, -0.1) is 11.3 Å². The smallest absolute Gasteiger partial charge is 0.280 e. The van der Waals surface area contributed by atoms with E-state index in [0.29, 0.717) is 25.2 Å². The third-order valence-corrected chi connectivity index (χ3v) is 8.91. The van der Waals surface area contributed by atoms with Crippen molar-refractivity contribution in [1.29, 1.82) is 0 Å². The van der Waals surface area contributed by atoms with E-state index < -0.39 is 17.9 Å². The lowest BCUT2D eigenvalue weighted by atomic mass is 9.80. The lowest BCUT2D eigenvalue weighted by Gasteiger charge is -2.36. The first kappa shape index (κ1) is 26.0. The van der Waals surface area contributed by atoms with Crippen LogP contribution in [-0.2, 0) is 0 Å². The van der Waals surface area contributed by atoms with Crippen LogP contribution in [0.15, 0.2) is 12.3 Å². The van der Waals surface area contributed by atoms with Gasteiger partial charge in [0.25, 0.3) is 18.2 Å². The molecule has 3 N–H and O–H groups in total. The SMILES string of the molecule is CC1CCCN1C(=O)c1nc(C(=O)NCC2(O)CCC2)sc1-c1cnc(NC2CCCC2)cc1C(F)F. The number of carbonyl (C=O) groups excluding carboxylic acids is 2. The van der Waals surface area contributed by atoms with Crippen molar-refractivity contribution in [2.24, 2.45) is 0 Å². The number of carbonyl (C=O) groups is 2. The highest BCUT2D eigenvalue weighted by atomic mass is 32.1. The molecule has 200 valence electrons. The van der Waals surface area contributed by atoms with Crippen LogP contribution in [0, 0.1) is 0 Å². The average Bonchev–Trinajstić information content (AvgIpc) is 3.62. The Hall–Kier alpha value is -2.66. The molecular weight excluding hydrogens is 500 g/mol. The molecule has 2 aromatic rings. The molecule has 0 aromatic carbocycles. The van der Waals surface area contributed by atoms with E-state index in [1.165, 1.54) is 12.3 Å². The Kier molecular flexibility index (Phi) is 7.44. The summed E-state index contributed by atoms with van der Waals surface area (Å²) in [6.45, 7) is 2.58. The summed E-state index contributed by atoms with van der Waals surface area (Å²) in [5.74, 6) is -0.532. The molecule has 0 spiro atoms. The molecule has 2 amide bonds. The van der Waals surface area contributed by atoms with Crippen molar-refractivity contribution in [2.45, 2.75) is 88.8 Å². The zero-order chi connectivity index (χ0) is 26.2. The van der Waals surface area contributed by atoms with Gasteiger partial charge in [0.05, 0.1) is 10.5 Å². The van der Waals surface area contributed by atoms with E-state index in [4.69, 9.17) is 0 Å². The number of hydrogen-bond donors (Lipinski definition) is 3. The van der Waals surface area contributed by atoms with E-state index in [9.17, 15) is 23.5 Å². The number of alkyl halides is 2. The fourth-order valence-corrected chi connectivity index (χ4v) is 6.40. The fourth-order valence-electron chi connectivity index (χ4n) is 5.40. The summed E-state index contributed by atoms with van der Waals surface area (Å²) >= 11 is 0.910. The Morgan fingerprint density at radius 1 is 1.22 bits per heavy atom. The highest BCUT2D eigenvalue weighted by molar-refractivity contribution is 7.17. The molecule has 1 atom stereocenters. The second-order valence-corrected chi connectivity index (χ2v) is 11.5. The maximum atomic E-state index is 14.3. The normalized spacial score (nSPS) is 21.3. The largest absolute Gasteiger partial charge is 0.388 e. The number of amides is 2. The maximum Gasteiger partial charge on any atom is 0.280 e. The molecule has 0 radical (unpaired) electrons. The first-order chi connectivity index (χ1) is 17.7. The number of pyridine rings is 1. The molecule has 1 aliphatic heterocycles. The molecule has 3 heterocycles. The number of thiazole rings is 1. The summed E-state index contributed by atoms with van der Waals surface area (Å²) in [7, 11) is 0. The number of halogens is 2. The number of anilines is 1. The number of likely N-dealkylation sites (tertiary alicyclic amines) is 1. The summed E-state index contributed by atoms with van der Waals surface area (Å²) in [6.07, 6.45) is 6.52. The van der Waals surface area contributed by atoms with Crippen molar-refractivity contribution in [3.8, 4) is 10.4 Å². The van der Waals surface area contributed by atoms with Crippen molar-refractivity contribution >= 4 is 29.0 Å². The second-order valence-electron chi connectivity index (χ2n) is 10.5. The van der Waals surface area contributed by atoms with Crippen LogP contribution >= 0.6 is 11.3 Å². The molecule has 8 nitrogen and oxygen atoms in total. The predicted octanol–water partition coefficient (Wildman–Crippen LogP) is 4.77. The minimum Gasteiger partial charge on any atom is -0.388 e. The highest BCUT2D eigenvalue weighted by Gasteiger charge is 2.36. The van der Waals surface area contributed by atoms with Gasteiger partial charge in [-0.3, -0.25) is 9.59 Å². The highest BCUT2D eigenvalue weighted by Crippen LogP contribution is 2.39. The molecule has 0 bridgehead atoms. The quantitative estimate of drug-likeness (QED) is 0.451. The Balaban J connectivity index is 1.49. The summed E-state index contributed by atoms with van der Waals surface area (Å²) in [5.41, 5.74) is -1.07. The van der Waals surface area contributed by atoms with Crippen molar-refractivity contribution in [1.82, 2.24) is 20.2 Å². The van der Waals surface area contributed by atoms with Gasteiger partial charge in [-0.25, -0.2) is 18.7 Å². The predicted molar refractivity (Wildman–Crippen MR) is 137 cm³/mol. The lowest BCUT2D eigenvalue weighted by molar-refractivity contribution is -0.0300. The lowest BCUT2D eigenvalue weighted by Crippen LogP contribution is -2.47. The van der Waals surface area contributed by atoms with Gasteiger partial charge in [-0.05, 0) is 57.9 Å². The minimum atomic E-state index is -2.80. The molecule has 2 saturated carbocycles. The topological polar surface area (TPSA) is 107 Å². The number of aromatic nitrogens is 2. The molecule has 11 heteroatoms. The van der Waals surface area contributed by atoms with Crippen LogP contribution in [0.4, 0.5) is 14.6 Å². The molecular formula is C26H33F2N5O3S. The van der Waals surface area contributed by atoms with E-state index in [1.54, 1.807) is 4.90 Å². The molecule has 2 aliphatic carbocycles. The zero-order valence-corrected chi connectivity index (χ0v) is 21.8. The van der Waals surface area contributed by atoms with Gasteiger partial charge >= 0.3 is 0 Å². The first-order valence-corrected chi connectivity index (χ1v) is 13.9. The van der Waals surface area contributed by atoms with Crippen LogP contribution in [0.5, 0.6) is 0 Å². The summed E-state index contributed by atoms with van der Waals surface area (Å²) < 4.78 is 28.6. The summed E-state index contributed by atoms with van der Waals surface area (Å²) in [6, 6.07) is 1.55. The number of nitrogens with one attached hydrogen (secondary N) is 2. The van der Waals surface area contributed by atoms with Gasteiger partial charge in [0, 0.05) is 42.5 Å². The Labute approximate surface area is 218 Å². The summed E-state index contributed by atoms with van der Waals surface area (Å²) in [5, 5.41) is 16.3. The minimum absolute atomic E-state index is 0.00139. The van der Waals surface area contributed by atoms with E-state index >= 15 is 0 Å². The maximum absolute atomic E-state index is 14.3. The molecule has 1 saturated heterocycles. The number of nitrogens with zero attached hydrogens (tertiary/aromatic N) is 3. The Bertz CT molecular complexity index is 1160. The van der Waals surface area contributed by atoms with Crippen LogP contribution in [0.3, 0.4) is 0 Å². The van der Waals surface area contributed by atoms with Crippen molar-refractivity contribution in [2.75, 3.05) is 18.4 Å². The monoisotopic (exact) mass is 533 g/mol. The van der Waals surface area contributed by atoms with Gasteiger partial charge < -0.3 is 20.6 Å². The molecule has 37 heavy (non-hydrogen) atoms. The molecule has 3 fully saturated rings. The number of aliphatic hydroxyl groups is 1. The molecule has 5 rings (SSSR count). The van der Waals surface area contributed by atoms with E-state index in [-0.39, 0.29) is 51.2 Å². The first-order valence-electron chi connectivity index (χ1n) is 13.1. The van der Waals surface area contributed by atoms with Crippen LogP contribution in [0.2, 0.25) is 0 Å². The van der Waals surface area contributed by atoms with Gasteiger partial charge in [0.1, 0.15) is 11.5 Å². The Morgan fingerprint density at radius 2 is 1.97 bits per heavy atom. The molecule has 3 aliphatic rings. The van der Waals surface area contributed by atoms with Gasteiger partial charge in [0.2, 0.25) is 0 Å². The fraction of sp³-hybridized carbons (Fsp3) is 0.615. The van der Waals surface area contributed by atoms with E-state index in [2.05, 4.69) is 20.6 Å².